The van der Waals surface area contributed by atoms with E-state index in [4.69, 9.17) is 11.6 Å². The van der Waals surface area contributed by atoms with Crippen LogP contribution in [0.15, 0.2) is 59.6 Å². The Kier molecular flexibility index (Phi) is 4.49. The number of Topliss-reactive ketones (excluding diaryl/α,β-unsaturated/α-hetero) is 1. The lowest BCUT2D eigenvalue weighted by atomic mass is 9.97. The van der Waals surface area contributed by atoms with Gasteiger partial charge in [-0.2, -0.15) is 5.10 Å². The molecule has 138 valence electrons. The number of rotatable bonds is 4. The zero-order valence-corrected chi connectivity index (χ0v) is 15.8. The number of sulfonamides is 1. The van der Waals surface area contributed by atoms with Crippen molar-refractivity contribution in [2.75, 3.05) is 4.72 Å². The fraction of sp³-hybridized carbons (Fsp3) is 0.158. The van der Waals surface area contributed by atoms with Gasteiger partial charge in [0.1, 0.15) is 0 Å². The van der Waals surface area contributed by atoms with Crippen molar-refractivity contribution in [3.63, 3.8) is 0 Å². The number of nitrogens with zero attached hydrogens (tertiary/aromatic N) is 2. The molecule has 8 heteroatoms. The molecule has 27 heavy (non-hydrogen) atoms. The van der Waals surface area contributed by atoms with Gasteiger partial charge in [-0.25, -0.2) is 13.1 Å². The highest BCUT2D eigenvalue weighted by Gasteiger charge is 2.22. The smallest absolute Gasteiger partial charge is 0.261 e. The summed E-state index contributed by atoms with van der Waals surface area (Å²) in [6.07, 6.45) is 3.71. The van der Waals surface area contributed by atoms with Gasteiger partial charge < -0.3 is 0 Å². The first-order valence-corrected chi connectivity index (χ1v) is 10.3. The van der Waals surface area contributed by atoms with Gasteiger partial charge in [0.15, 0.2) is 5.78 Å². The predicted molar refractivity (Wildman–Crippen MR) is 103 cm³/mol. The Morgan fingerprint density at radius 3 is 2.41 bits per heavy atom. The van der Waals surface area contributed by atoms with Crippen molar-refractivity contribution in [2.45, 2.75) is 24.2 Å². The molecule has 3 aromatic rings. The third kappa shape index (κ3) is 3.48. The highest BCUT2D eigenvalue weighted by Crippen LogP contribution is 2.25. The number of ketones is 1. The van der Waals surface area contributed by atoms with E-state index in [-0.39, 0.29) is 10.7 Å². The predicted octanol–water partition coefficient (Wildman–Crippen LogP) is 3.85. The summed E-state index contributed by atoms with van der Waals surface area (Å²) in [6, 6.07) is 12.8. The number of aromatic nitrogens is 2. The number of carbonyl (C=O) groups is 1. The van der Waals surface area contributed by atoms with E-state index < -0.39 is 10.0 Å². The minimum absolute atomic E-state index is 0.105. The van der Waals surface area contributed by atoms with E-state index in [0.717, 1.165) is 24.2 Å². The number of carbonyl (C=O) groups excluding carboxylic acids is 1. The van der Waals surface area contributed by atoms with Crippen molar-refractivity contribution in [3.8, 4) is 5.69 Å². The van der Waals surface area contributed by atoms with Crippen LogP contribution >= 0.6 is 11.6 Å². The Morgan fingerprint density at radius 2 is 1.70 bits per heavy atom. The van der Waals surface area contributed by atoms with Crippen molar-refractivity contribution in [1.82, 2.24) is 9.78 Å². The van der Waals surface area contributed by atoms with Crippen LogP contribution in [0.2, 0.25) is 5.02 Å². The van der Waals surface area contributed by atoms with Gasteiger partial charge in [0, 0.05) is 17.1 Å². The molecule has 0 radical (unpaired) electrons. The van der Waals surface area contributed by atoms with Gasteiger partial charge in [0.05, 0.1) is 28.0 Å². The Labute approximate surface area is 161 Å². The van der Waals surface area contributed by atoms with E-state index in [2.05, 4.69) is 9.82 Å². The van der Waals surface area contributed by atoms with Crippen LogP contribution in [-0.4, -0.2) is 24.0 Å². The Morgan fingerprint density at radius 1 is 1.00 bits per heavy atom. The zero-order valence-electron chi connectivity index (χ0n) is 14.2. The molecule has 0 saturated carbocycles. The highest BCUT2D eigenvalue weighted by molar-refractivity contribution is 7.92. The molecular formula is C19H16ClN3O3S. The van der Waals surface area contributed by atoms with Gasteiger partial charge in [0.2, 0.25) is 0 Å². The second-order valence-corrected chi connectivity index (χ2v) is 8.42. The van der Waals surface area contributed by atoms with Gasteiger partial charge in [0.25, 0.3) is 10.0 Å². The molecule has 6 nitrogen and oxygen atoms in total. The number of hydrogen-bond acceptors (Lipinski definition) is 4. The molecule has 0 fully saturated rings. The van der Waals surface area contributed by atoms with Gasteiger partial charge in [-0.15, -0.1) is 0 Å². The molecule has 1 aromatic heterocycles. The van der Waals surface area contributed by atoms with E-state index in [1.54, 1.807) is 47.3 Å². The molecule has 0 atom stereocenters. The molecule has 2 aromatic carbocycles. The van der Waals surface area contributed by atoms with Crippen LogP contribution < -0.4 is 4.72 Å². The number of hydrogen-bond donors (Lipinski definition) is 1. The normalized spacial score (nSPS) is 14.0. The SMILES string of the molecule is O=C1CCCc2c1cnn2-c1ccc(S(=O)(=O)Nc2ccc(Cl)cc2)cc1. The minimum Gasteiger partial charge on any atom is -0.294 e. The van der Waals surface area contributed by atoms with Gasteiger partial charge in [-0.05, 0) is 61.4 Å². The molecule has 4 rings (SSSR count). The Hall–Kier alpha value is -2.64. The lowest BCUT2D eigenvalue weighted by Crippen LogP contribution is -2.14. The standard InChI is InChI=1S/C19H16ClN3O3S/c20-13-4-6-14(7-5-13)22-27(25,26)16-10-8-15(9-11-16)23-18-2-1-3-19(24)17(18)12-21-23/h4-12,22H,1-3H2. The summed E-state index contributed by atoms with van der Waals surface area (Å²) in [5.74, 6) is 0.105. The second kappa shape index (κ2) is 6.83. The first-order valence-electron chi connectivity index (χ1n) is 8.43. The van der Waals surface area contributed by atoms with Crippen LogP contribution in [0, 0.1) is 0 Å². The molecular weight excluding hydrogens is 386 g/mol. The Balaban J connectivity index is 1.61. The maximum atomic E-state index is 12.5. The van der Waals surface area contributed by atoms with Crippen molar-refractivity contribution in [1.29, 1.82) is 0 Å². The molecule has 0 aliphatic heterocycles. The van der Waals surface area contributed by atoms with Crippen LogP contribution in [0.4, 0.5) is 5.69 Å². The number of anilines is 1. The third-order valence-corrected chi connectivity index (χ3v) is 6.12. The Bertz CT molecular complexity index is 1100. The summed E-state index contributed by atoms with van der Waals surface area (Å²) in [7, 11) is -3.71. The summed E-state index contributed by atoms with van der Waals surface area (Å²) in [5, 5.41) is 4.84. The van der Waals surface area contributed by atoms with E-state index in [1.165, 1.54) is 12.1 Å². The van der Waals surface area contributed by atoms with E-state index in [0.29, 0.717) is 22.7 Å². The minimum atomic E-state index is -3.71. The number of nitrogens with one attached hydrogen (secondary N) is 1. The zero-order chi connectivity index (χ0) is 19.0. The van der Waals surface area contributed by atoms with Crippen molar-refractivity contribution < 1.29 is 13.2 Å². The summed E-state index contributed by atoms with van der Waals surface area (Å²) in [5.41, 5.74) is 2.68. The molecule has 1 heterocycles. The average Bonchev–Trinajstić information content (AvgIpc) is 3.09. The molecule has 0 unspecified atom stereocenters. The van der Waals surface area contributed by atoms with Crippen LogP contribution in [-0.2, 0) is 16.4 Å². The molecule has 0 bridgehead atoms. The highest BCUT2D eigenvalue weighted by atomic mass is 35.5. The first-order chi connectivity index (χ1) is 12.9. The van der Waals surface area contributed by atoms with E-state index in [1.807, 2.05) is 0 Å². The lowest BCUT2D eigenvalue weighted by Gasteiger charge is -2.14. The van der Waals surface area contributed by atoms with Crippen LogP contribution in [0.3, 0.4) is 0 Å². The molecule has 0 amide bonds. The summed E-state index contributed by atoms with van der Waals surface area (Å²) < 4.78 is 29.3. The topological polar surface area (TPSA) is 81.1 Å². The quantitative estimate of drug-likeness (QED) is 0.720. The van der Waals surface area contributed by atoms with Crippen LogP contribution in [0.5, 0.6) is 0 Å². The van der Waals surface area contributed by atoms with Crippen molar-refractivity contribution in [3.05, 3.63) is 71.0 Å². The molecule has 1 aliphatic rings. The molecule has 1 N–H and O–H groups in total. The maximum Gasteiger partial charge on any atom is 0.261 e. The fourth-order valence-electron chi connectivity index (χ4n) is 3.12. The molecule has 0 spiro atoms. The van der Waals surface area contributed by atoms with E-state index in [9.17, 15) is 13.2 Å². The lowest BCUT2D eigenvalue weighted by molar-refractivity contribution is 0.0972. The van der Waals surface area contributed by atoms with Gasteiger partial charge in [-0.1, -0.05) is 11.6 Å². The monoisotopic (exact) mass is 401 g/mol. The summed E-state index contributed by atoms with van der Waals surface area (Å²) in [4.78, 5) is 12.1. The summed E-state index contributed by atoms with van der Waals surface area (Å²) >= 11 is 5.82. The average molecular weight is 402 g/mol. The second-order valence-electron chi connectivity index (χ2n) is 6.30. The molecule has 0 saturated heterocycles. The van der Waals surface area contributed by atoms with Crippen molar-refractivity contribution in [2.24, 2.45) is 0 Å². The van der Waals surface area contributed by atoms with E-state index >= 15 is 0 Å². The number of benzene rings is 2. The maximum absolute atomic E-state index is 12.5. The first kappa shape index (κ1) is 17.8. The summed E-state index contributed by atoms with van der Waals surface area (Å²) in [6.45, 7) is 0. The number of halogens is 1. The third-order valence-electron chi connectivity index (χ3n) is 4.47. The fourth-order valence-corrected chi connectivity index (χ4v) is 4.30. The van der Waals surface area contributed by atoms with Gasteiger partial charge >= 0.3 is 0 Å². The van der Waals surface area contributed by atoms with Crippen molar-refractivity contribution >= 4 is 33.1 Å². The molecule has 1 aliphatic carbocycles. The largest absolute Gasteiger partial charge is 0.294 e. The van der Waals surface area contributed by atoms with Gasteiger partial charge in [-0.3, -0.25) is 9.52 Å². The number of fused-ring (bicyclic) bond motifs is 1. The van der Waals surface area contributed by atoms with Crippen LogP contribution in [0.1, 0.15) is 28.9 Å². The van der Waals surface area contributed by atoms with Crippen LogP contribution in [0.25, 0.3) is 5.69 Å².